The van der Waals surface area contributed by atoms with Crippen LogP contribution in [0.3, 0.4) is 0 Å². The molecule has 1 unspecified atom stereocenters. The molecule has 1 N–H and O–H groups in total. The average molecular weight is 399 g/mol. The second-order valence-corrected chi connectivity index (χ2v) is 6.99. The van der Waals surface area contributed by atoms with Gasteiger partial charge in [0.05, 0.1) is 25.0 Å². The van der Waals surface area contributed by atoms with E-state index in [1.165, 1.54) is 11.8 Å². The molecule has 0 aliphatic carbocycles. The first-order valence-corrected chi connectivity index (χ1v) is 9.54. The van der Waals surface area contributed by atoms with Crippen LogP contribution >= 0.6 is 0 Å². The first-order chi connectivity index (χ1) is 13.9. The molecule has 7 heteroatoms. The van der Waals surface area contributed by atoms with Gasteiger partial charge in [-0.1, -0.05) is 11.6 Å². The molecule has 6 nitrogen and oxygen atoms in total. The zero-order chi connectivity index (χ0) is 21.1. The molecule has 1 aliphatic heterocycles. The molecule has 0 saturated carbocycles. The number of ether oxygens (including phenoxy) is 2. The highest BCUT2D eigenvalue weighted by Crippen LogP contribution is 2.38. The summed E-state index contributed by atoms with van der Waals surface area (Å²) >= 11 is 0. The largest absolute Gasteiger partial charge is 0.496 e. The van der Waals surface area contributed by atoms with Gasteiger partial charge >= 0.3 is 0 Å². The molecule has 0 saturated heterocycles. The van der Waals surface area contributed by atoms with Gasteiger partial charge in [-0.25, -0.2) is 9.37 Å². The van der Waals surface area contributed by atoms with Gasteiger partial charge in [0.2, 0.25) is 5.88 Å². The quantitative estimate of drug-likeness (QED) is 0.801. The van der Waals surface area contributed by atoms with Crippen LogP contribution in [-0.2, 0) is 6.54 Å². The number of halogens is 1. The van der Waals surface area contributed by atoms with Crippen molar-refractivity contribution in [3.8, 4) is 11.6 Å². The van der Waals surface area contributed by atoms with Crippen LogP contribution in [0.15, 0.2) is 30.0 Å². The monoisotopic (exact) mass is 399 g/mol. The number of rotatable bonds is 6. The van der Waals surface area contributed by atoms with Crippen molar-refractivity contribution in [3.05, 3.63) is 52.5 Å². The number of pyridine rings is 1. The summed E-state index contributed by atoms with van der Waals surface area (Å²) in [6.07, 6.45) is 3.46. The van der Waals surface area contributed by atoms with Crippen LogP contribution in [0.2, 0.25) is 0 Å². The number of hydrogen-bond donors (Lipinski definition) is 1. The van der Waals surface area contributed by atoms with Gasteiger partial charge < -0.3 is 19.7 Å². The molecule has 0 radical (unpaired) electrons. The van der Waals surface area contributed by atoms with E-state index in [1.54, 1.807) is 14.0 Å². The smallest absolute Gasteiger partial charge is 0.253 e. The Kier molecular flexibility index (Phi) is 6.06. The summed E-state index contributed by atoms with van der Waals surface area (Å²) in [5.41, 5.74) is 4.35. The predicted molar refractivity (Wildman–Crippen MR) is 111 cm³/mol. The Morgan fingerprint density at radius 2 is 2.14 bits per heavy atom. The maximum atomic E-state index is 14.0. The summed E-state index contributed by atoms with van der Waals surface area (Å²) in [5, 5.41) is 2.85. The molecule has 0 fully saturated rings. The Hall–Kier alpha value is -3.09. The lowest BCUT2D eigenvalue weighted by molar-refractivity contribution is 0.0949. The first kappa shape index (κ1) is 20.6. The van der Waals surface area contributed by atoms with E-state index in [4.69, 9.17) is 9.47 Å². The highest BCUT2D eigenvalue weighted by Gasteiger charge is 2.25. The van der Waals surface area contributed by atoms with Crippen molar-refractivity contribution in [1.82, 2.24) is 10.3 Å². The Balaban J connectivity index is 1.86. The lowest BCUT2D eigenvalue weighted by Crippen LogP contribution is -2.34. The molecule has 3 rings (SSSR count). The Morgan fingerprint density at radius 1 is 1.38 bits per heavy atom. The van der Waals surface area contributed by atoms with Crippen LogP contribution in [-0.4, -0.2) is 37.7 Å². The molecule has 1 atom stereocenters. The van der Waals surface area contributed by atoms with E-state index >= 15 is 0 Å². The lowest BCUT2D eigenvalue weighted by atomic mass is 9.94. The van der Waals surface area contributed by atoms with Gasteiger partial charge in [-0.2, -0.15) is 0 Å². The third kappa shape index (κ3) is 4.04. The highest BCUT2D eigenvalue weighted by atomic mass is 19.1. The number of hydrogen-bond acceptors (Lipinski definition) is 5. The average Bonchev–Trinajstić information content (AvgIpc) is 2.71. The topological polar surface area (TPSA) is 63.7 Å². The zero-order valence-corrected chi connectivity index (χ0v) is 17.4. The normalized spacial score (nSPS) is 15.4. The van der Waals surface area contributed by atoms with Crippen molar-refractivity contribution in [3.63, 3.8) is 0 Å². The van der Waals surface area contributed by atoms with Crippen LogP contribution in [0, 0.1) is 5.82 Å². The lowest BCUT2D eigenvalue weighted by Gasteiger charge is -2.35. The number of carbonyl (C=O) groups is 1. The molecule has 1 aromatic carbocycles. The van der Waals surface area contributed by atoms with Crippen molar-refractivity contribution in [2.75, 3.05) is 25.7 Å². The van der Waals surface area contributed by atoms with Gasteiger partial charge in [0, 0.05) is 31.4 Å². The van der Waals surface area contributed by atoms with Crippen LogP contribution in [0.25, 0.3) is 6.08 Å². The number of fused-ring (bicyclic) bond motifs is 1. The summed E-state index contributed by atoms with van der Waals surface area (Å²) in [4.78, 5) is 18.6. The minimum atomic E-state index is -0.664. The third-order valence-electron chi connectivity index (χ3n) is 5.24. The molecule has 2 aromatic rings. The molecule has 29 heavy (non-hydrogen) atoms. The van der Waals surface area contributed by atoms with E-state index in [-0.39, 0.29) is 24.0 Å². The maximum Gasteiger partial charge on any atom is 0.253 e. The van der Waals surface area contributed by atoms with E-state index in [1.807, 2.05) is 19.2 Å². The molecular weight excluding hydrogens is 373 g/mol. The fourth-order valence-electron chi connectivity index (χ4n) is 3.46. The number of methoxy groups -OCH3 is 1. The Morgan fingerprint density at radius 3 is 2.79 bits per heavy atom. The molecule has 0 bridgehead atoms. The summed E-state index contributed by atoms with van der Waals surface area (Å²) < 4.78 is 24.6. The van der Waals surface area contributed by atoms with Gasteiger partial charge in [-0.05, 0) is 44.5 Å². The second kappa shape index (κ2) is 8.51. The van der Waals surface area contributed by atoms with E-state index in [0.29, 0.717) is 12.4 Å². The molecule has 1 amide bonds. The molecule has 1 aliphatic rings. The van der Waals surface area contributed by atoms with Crippen molar-refractivity contribution in [2.45, 2.75) is 33.4 Å². The summed E-state index contributed by atoms with van der Waals surface area (Å²) in [5.74, 6) is -0.506. The Bertz CT molecular complexity index is 959. The number of benzene rings is 1. The van der Waals surface area contributed by atoms with Crippen LogP contribution in [0.4, 0.5) is 10.1 Å². The maximum absolute atomic E-state index is 14.0. The zero-order valence-electron chi connectivity index (χ0n) is 17.4. The minimum absolute atomic E-state index is 0.111. The fraction of sp³-hybridized carbons (Fsp3) is 0.364. The number of likely N-dealkylation sites (N-methyl/N-ethyl adjacent to an activating group) is 1. The van der Waals surface area contributed by atoms with E-state index in [2.05, 4.69) is 35.1 Å². The number of aromatic nitrogens is 1. The van der Waals surface area contributed by atoms with Crippen LogP contribution < -0.4 is 19.7 Å². The van der Waals surface area contributed by atoms with Crippen molar-refractivity contribution in [2.24, 2.45) is 0 Å². The highest BCUT2D eigenvalue weighted by molar-refractivity contribution is 5.94. The standard InChI is InChI=1S/C22H26FN3O3/c1-6-29-22-18(23)10-16(11-25-22)21(27)24-12-17-19(28-5)8-7-15-9-13(2)14(3)26(4)20(15)17/h7-11,14H,6,12H2,1-5H3,(H,24,27). The van der Waals surface area contributed by atoms with Gasteiger partial charge in [-0.3, -0.25) is 4.79 Å². The Labute approximate surface area is 170 Å². The molecule has 0 spiro atoms. The van der Waals surface area contributed by atoms with Crippen LogP contribution in [0.5, 0.6) is 11.6 Å². The van der Waals surface area contributed by atoms with E-state index in [9.17, 15) is 9.18 Å². The number of carbonyl (C=O) groups excluding carboxylic acids is 1. The number of amides is 1. The van der Waals surface area contributed by atoms with Crippen molar-refractivity contribution in [1.29, 1.82) is 0 Å². The summed E-state index contributed by atoms with van der Waals surface area (Å²) in [6.45, 7) is 6.51. The summed E-state index contributed by atoms with van der Waals surface area (Å²) in [7, 11) is 3.63. The molecular formula is C22H26FN3O3. The minimum Gasteiger partial charge on any atom is -0.496 e. The van der Waals surface area contributed by atoms with Crippen LogP contribution in [0.1, 0.15) is 42.3 Å². The van der Waals surface area contributed by atoms with E-state index < -0.39 is 11.7 Å². The van der Waals surface area contributed by atoms with Crippen molar-refractivity contribution < 1.29 is 18.7 Å². The summed E-state index contributed by atoms with van der Waals surface area (Å²) in [6, 6.07) is 5.27. The second-order valence-electron chi connectivity index (χ2n) is 6.99. The molecule has 154 valence electrons. The number of anilines is 1. The number of nitrogens with zero attached hydrogens (tertiary/aromatic N) is 2. The molecule has 1 aromatic heterocycles. The van der Waals surface area contributed by atoms with Gasteiger partial charge in [0.15, 0.2) is 5.82 Å². The first-order valence-electron chi connectivity index (χ1n) is 9.54. The van der Waals surface area contributed by atoms with Crippen molar-refractivity contribution >= 4 is 17.7 Å². The van der Waals surface area contributed by atoms with Gasteiger partial charge in [-0.15, -0.1) is 0 Å². The van der Waals surface area contributed by atoms with Gasteiger partial charge in [0.25, 0.3) is 5.91 Å². The van der Waals surface area contributed by atoms with Gasteiger partial charge in [0.1, 0.15) is 5.75 Å². The SMILES string of the molecule is CCOc1ncc(C(=O)NCc2c(OC)ccc3c2N(C)C(C)C(C)=C3)cc1F. The molecule has 2 heterocycles. The predicted octanol–water partition coefficient (Wildman–Crippen LogP) is 3.80. The third-order valence-corrected chi connectivity index (χ3v) is 5.24. The van der Waals surface area contributed by atoms with E-state index in [0.717, 1.165) is 22.9 Å². The fourth-order valence-corrected chi connectivity index (χ4v) is 3.46. The number of nitrogens with one attached hydrogen (secondary N) is 1.